The van der Waals surface area contributed by atoms with E-state index in [1.807, 2.05) is 0 Å². The van der Waals surface area contributed by atoms with E-state index in [-0.39, 0.29) is 24.7 Å². The summed E-state index contributed by atoms with van der Waals surface area (Å²) < 4.78 is 44.8. The maximum atomic E-state index is 13.3. The predicted molar refractivity (Wildman–Crippen MR) is 73.5 cm³/mol. The molecule has 2 heterocycles. The quantitative estimate of drug-likeness (QED) is 0.919. The Hall–Kier alpha value is -1.74. The Kier molecular flexibility index (Phi) is 4.39. The normalized spacial score (nSPS) is 22.1. The van der Waals surface area contributed by atoms with E-state index in [4.69, 9.17) is 4.74 Å². The minimum absolute atomic E-state index is 0.185. The molecule has 1 aromatic heterocycles. The molecule has 0 unspecified atom stereocenters. The van der Waals surface area contributed by atoms with Gasteiger partial charge in [-0.3, -0.25) is 0 Å². The maximum Gasteiger partial charge on any atom is 0.438 e. The van der Waals surface area contributed by atoms with Crippen molar-refractivity contribution in [3.63, 3.8) is 0 Å². The molecular formula is C13H17F3N4O2. The van der Waals surface area contributed by atoms with Crippen LogP contribution in [0.15, 0.2) is 11.2 Å². The lowest BCUT2D eigenvalue weighted by molar-refractivity contribution is -0.254. The van der Waals surface area contributed by atoms with Crippen LogP contribution in [-0.2, 0) is 4.74 Å². The molecule has 0 radical (unpaired) electrons. The van der Waals surface area contributed by atoms with E-state index in [0.29, 0.717) is 16.4 Å². The van der Waals surface area contributed by atoms with Crippen molar-refractivity contribution >= 4 is 11.7 Å². The predicted octanol–water partition coefficient (Wildman–Crippen LogP) is 1.95. The molecule has 0 aromatic carbocycles. The number of nitrogens with zero attached hydrogens (tertiary/aromatic N) is 4. The van der Waals surface area contributed by atoms with Crippen LogP contribution in [0.4, 0.5) is 19.1 Å². The highest BCUT2D eigenvalue weighted by atomic mass is 19.4. The molecule has 0 aliphatic carbocycles. The van der Waals surface area contributed by atoms with Crippen LogP contribution in [0, 0.1) is 13.8 Å². The topological polar surface area (TPSA) is 70.8 Å². The van der Waals surface area contributed by atoms with Gasteiger partial charge in [0, 0.05) is 37.1 Å². The highest BCUT2D eigenvalue weighted by Gasteiger charge is 2.62. The zero-order valence-electron chi connectivity index (χ0n) is 12.5. The number of anilines is 1. The molecule has 122 valence electrons. The van der Waals surface area contributed by atoms with Crippen molar-refractivity contribution in [3.8, 4) is 0 Å². The first-order valence-corrected chi connectivity index (χ1v) is 6.64. The van der Waals surface area contributed by atoms with Gasteiger partial charge >= 0.3 is 6.18 Å². The second-order valence-electron chi connectivity index (χ2n) is 5.16. The van der Waals surface area contributed by atoms with Gasteiger partial charge in [-0.25, -0.2) is 9.97 Å². The Morgan fingerprint density at radius 2 is 1.91 bits per heavy atom. The minimum atomic E-state index is -4.90. The molecule has 1 aliphatic rings. The zero-order valence-corrected chi connectivity index (χ0v) is 12.5. The smallest absolute Gasteiger partial charge is 0.384 e. The van der Waals surface area contributed by atoms with Crippen LogP contribution in [0.25, 0.3) is 0 Å². The van der Waals surface area contributed by atoms with Crippen LogP contribution in [0.2, 0.25) is 0 Å². The molecule has 6 nitrogen and oxygen atoms in total. The lowest BCUT2D eigenvalue weighted by Gasteiger charge is -2.32. The van der Waals surface area contributed by atoms with Crippen molar-refractivity contribution in [2.24, 2.45) is 5.10 Å². The third kappa shape index (κ3) is 3.05. The van der Waals surface area contributed by atoms with Gasteiger partial charge in [0.2, 0.25) is 5.95 Å². The van der Waals surface area contributed by atoms with Gasteiger partial charge in [0.25, 0.3) is 5.72 Å². The SMILES string of the molecule is COCCC1=NN(c2nc(C)cc(C)n2)[C@@](O)(C(F)(F)F)C1. The highest BCUT2D eigenvalue weighted by molar-refractivity contribution is 5.89. The molecular weight excluding hydrogens is 301 g/mol. The molecule has 2 rings (SSSR count). The lowest BCUT2D eigenvalue weighted by Crippen LogP contribution is -2.55. The van der Waals surface area contributed by atoms with Gasteiger partial charge in [0.15, 0.2) is 0 Å². The first-order chi connectivity index (χ1) is 10.2. The fourth-order valence-electron chi connectivity index (χ4n) is 2.21. The molecule has 1 N–H and O–H groups in total. The molecule has 1 aromatic rings. The van der Waals surface area contributed by atoms with Crippen LogP contribution in [0.3, 0.4) is 0 Å². The number of aryl methyl sites for hydroxylation is 2. The van der Waals surface area contributed by atoms with Crippen LogP contribution in [-0.4, -0.2) is 46.4 Å². The molecule has 22 heavy (non-hydrogen) atoms. The van der Waals surface area contributed by atoms with Gasteiger partial charge in [-0.05, 0) is 19.9 Å². The van der Waals surface area contributed by atoms with Crippen LogP contribution in [0.5, 0.6) is 0 Å². The fourth-order valence-corrected chi connectivity index (χ4v) is 2.21. The van der Waals surface area contributed by atoms with E-state index in [9.17, 15) is 18.3 Å². The number of rotatable bonds is 4. The molecule has 1 atom stereocenters. The molecule has 0 bridgehead atoms. The molecule has 0 fully saturated rings. The van der Waals surface area contributed by atoms with E-state index < -0.39 is 18.3 Å². The fraction of sp³-hybridized carbons (Fsp3) is 0.615. The number of hydrogen-bond donors (Lipinski definition) is 1. The number of aromatic nitrogens is 2. The van der Waals surface area contributed by atoms with Gasteiger partial charge in [-0.1, -0.05) is 0 Å². The van der Waals surface area contributed by atoms with Crippen LogP contribution >= 0.6 is 0 Å². The van der Waals surface area contributed by atoms with E-state index in [1.54, 1.807) is 19.9 Å². The summed E-state index contributed by atoms with van der Waals surface area (Å²) in [5, 5.41) is 14.5. The van der Waals surface area contributed by atoms with E-state index in [0.717, 1.165) is 0 Å². The number of halogens is 3. The maximum absolute atomic E-state index is 13.3. The van der Waals surface area contributed by atoms with Gasteiger partial charge < -0.3 is 9.84 Å². The highest BCUT2D eigenvalue weighted by Crippen LogP contribution is 2.42. The summed E-state index contributed by atoms with van der Waals surface area (Å²) in [6, 6.07) is 1.63. The number of methoxy groups -OCH3 is 1. The van der Waals surface area contributed by atoms with Crippen molar-refractivity contribution < 1.29 is 23.0 Å². The molecule has 0 amide bonds. The van der Waals surface area contributed by atoms with Gasteiger partial charge in [0.1, 0.15) is 0 Å². The summed E-state index contributed by atoms with van der Waals surface area (Å²) in [6.45, 7) is 3.49. The number of hydrogen-bond acceptors (Lipinski definition) is 6. The van der Waals surface area contributed by atoms with Crippen molar-refractivity contribution in [1.29, 1.82) is 0 Å². The summed E-state index contributed by atoms with van der Waals surface area (Å²) >= 11 is 0. The number of aliphatic hydroxyl groups is 1. The Morgan fingerprint density at radius 1 is 1.32 bits per heavy atom. The molecule has 1 aliphatic heterocycles. The van der Waals surface area contributed by atoms with E-state index in [1.165, 1.54) is 7.11 Å². The van der Waals surface area contributed by atoms with Gasteiger partial charge in [0.05, 0.1) is 6.61 Å². The molecule has 0 spiro atoms. The summed E-state index contributed by atoms with van der Waals surface area (Å²) in [5.41, 5.74) is -1.97. The standard InChI is InChI=1S/C13H17F3N4O2/c1-8-6-9(2)18-11(17-8)20-12(21,13(14,15)16)7-10(19-20)4-5-22-3/h6,21H,4-5,7H2,1-3H3/t12-/m0/s1. The van der Waals surface area contributed by atoms with Gasteiger partial charge in [-0.15, -0.1) is 0 Å². The van der Waals surface area contributed by atoms with Gasteiger partial charge in [-0.2, -0.15) is 23.3 Å². The summed E-state index contributed by atoms with van der Waals surface area (Å²) in [6.07, 6.45) is -5.36. The van der Waals surface area contributed by atoms with Crippen LogP contribution in [0.1, 0.15) is 24.2 Å². The van der Waals surface area contributed by atoms with Crippen molar-refractivity contribution in [1.82, 2.24) is 9.97 Å². The summed E-state index contributed by atoms with van der Waals surface area (Å²) in [7, 11) is 1.44. The average Bonchev–Trinajstić information content (AvgIpc) is 2.73. The number of ether oxygens (including phenoxy) is 1. The van der Waals surface area contributed by atoms with Crippen molar-refractivity contribution in [2.45, 2.75) is 38.6 Å². The first-order valence-electron chi connectivity index (χ1n) is 6.64. The summed E-state index contributed by atoms with van der Waals surface area (Å²) in [4.78, 5) is 7.91. The number of hydrazone groups is 1. The summed E-state index contributed by atoms with van der Waals surface area (Å²) in [5.74, 6) is -0.273. The van der Waals surface area contributed by atoms with Crippen molar-refractivity contribution in [3.05, 3.63) is 17.5 Å². The second-order valence-corrected chi connectivity index (χ2v) is 5.16. The monoisotopic (exact) mass is 318 g/mol. The third-order valence-corrected chi connectivity index (χ3v) is 3.25. The Balaban J connectivity index is 2.44. The van der Waals surface area contributed by atoms with E-state index in [2.05, 4.69) is 15.1 Å². The van der Waals surface area contributed by atoms with E-state index >= 15 is 0 Å². The van der Waals surface area contributed by atoms with Crippen molar-refractivity contribution in [2.75, 3.05) is 18.7 Å². The first kappa shape index (κ1) is 16.6. The second kappa shape index (κ2) is 5.81. The Labute approximate surface area is 125 Å². The number of alkyl halides is 3. The average molecular weight is 318 g/mol. The molecule has 0 saturated heterocycles. The molecule has 0 saturated carbocycles. The molecule has 9 heteroatoms. The largest absolute Gasteiger partial charge is 0.438 e. The lowest BCUT2D eigenvalue weighted by atomic mass is 10.1. The minimum Gasteiger partial charge on any atom is -0.384 e. The zero-order chi connectivity index (χ0) is 16.5. The Bertz CT molecular complexity index is 571. The van der Waals surface area contributed by atoms with Crippen LogP contribution < -0.4 is 5.01 Å². The third-order valence-electron chi connectivity index (χ3n) is 3.25. The Morgan fingerprint density at radius 3 is 2.41 bits per heavy atom.